The summed E-state index contributed by atoms with van der Waals surface area (Å²) in [6, 6.07) is 1.49. The maximum atomic E-state index is 12.7. The average molecular weight is 355 g/mol. The van der Waals surface area contributed by atoms with Crippen molar-refractivity contribution in [3.8, 4) is 0 Å². The molecule has 0 aliphatic heterocycles. The number of hydrogen-bond acceptors (Lipinski definition) is 4. The molecule has 0 saturated heterocycles. The number of rotatable bonds is 4. The van der Waals surface area contributed by atoms with Crippen molar-refractivity contribution in [1.29, 1.82) is 0 Å². The molecule has 6 nitrogen and oxygen atoms in total. The zero-order valence-electron chi connectivity index (χ0n) is 13.9. The van der Waals surface area contributed by atoms with Gasteiger partial charge in [0.15, 0.2) is 0 Å². The molecule has 1 aliphatic rings. The fraction of sp³-hybridized carbons (Fsp3) is 0.625. The fourth-order valence-electron chi connectivity index (χ4n) is 3.21. The number of aromatic nitrogens is 4. The lowest BCUT2D eigenvalue weighted by molar-refractivity contribution is -0.144. The minimum Gasteiger partial charge on any atom is -0.311 e. The minimum atomic E-state index is -4.64. The monoisotopic (exact) mass is 355 g/mol. The molecule has 136 valence electrons. The first-order chi connectivity index (χ1) is 11.8. The second kappa shape index (κ2) is 6.97. The number of nitrogens with one attached hydrogen (secondary N) is 1. The molecule has 2 heterocycles. The molecule has 1 amide bonds. The number of carbonyl (C=O) groups is 1. The van der Waals surface area contributed by atoms with E-state index in [0.29, 0.717) is 18.0 Å². The van der Waals surface area contributed by atoms with Gasteiger partial charge in [-0.1, -0.05) is 32.1 Å². The minimum absolute atomic E-state index is 0.183. The lowest BCUT2D eigenvalue weighted by Crippen LogP contribution is -2.16. The van der Waals surface area contributed by atoms with Crippen LogP contribution in [0.5, 0.6) is 0 Å². The van der Waals surface area contributed by atoms with Crippen LogP contribution in [0.1, 0.15) is 56.5 Å². The van der Waals surface area contributed by atoms with Crippen LogP contribution in [0, 0.1) is 12.8 Å². The standard InChI is InChI=1S/C16H20F3N5O/c1-10-9-12(20-13(25)8-7-11-5-3-2-4-6-11)21-15-22-14(16(17,18)19)23-24(10)15/h9,11H,2-8H2,1H3,(H,20,21,22,23,25). The number of nitrogens with zero attached hydrogens (tertiary/aromatic N) is 4. The van der Waals surface area contributed by atoms with E-state index in [1.165, 1.54) is 25.3 Å². The molecule has 2 aromatic rings. The lowest BCUT2D eigenvalue weighted by Gasteiger charge is -2.20. The molecular formula is C16H20F3N5O. The first-order valence-electron chi connectivity index (χ1n) is 8.44. The topological polar surface area (TPSA) is 72.2 Å². The highest BCUT2D eigenvalue weighted by molar-refractivity contribution is 5.89. The van der Waals surface area contributed by atoms with Gasteiger partial charge in [-0.2, -0.15) is 23.1 Å². The van der Waals surface area contributed by atoms with Gasteiger partial charge in [-0.3, -0.25) is 4.79 Å². The Morgan fingerprint density at radius 2 is 2.00 bits per heavy atom. The average Bonchev–Trinajstić information content (AvgIpc) is 2.99. The molecule has 1 fully saturated rings. The summed E-state index contributed by atoms with van der Waals surface area (Å²) in [4.78, 5) is 19.5. The maximum absolute atomic E-state index is 12.7. The van der Waals surface area contributed by atoms with Crippen molar-refractivity contribution in [1.82, 2.24) is 19.6 Å². The summed E-state index contributed by atoms with van der Waals surface area (Å²) < 4.78 is 39.1. The fourth-order valence-corrected chi connectivity index (χ4v) is 3.21. The summed E-state index contributed by atoms with van der Waals surface area (Å²) in [7, 11) is 0. The summed E-state index contributed by atoms with van der Waals surface area (Å²) in [5, 5.41) is 6.06. The van der Waals surface area contributed by atoms with E-state index in [2.05, 4.69) is 20.4 Å². The third kappa shape index (κ3) is 4.26. The predicted octanol–water partition coefficient (Wildman–Crippen LogP) is 3.75. The SMILES string of the molecule is Cc1cc(NC(=O)CCC2CCCCC2)nc2nc(C(F)(F)F)nn12. The molecule has 1 saturated carbocycles. The molecule has 0 atom stereocenters. The van der Waals surface area contributed by atoms with Crippen LogP contribution in [-0.2, 0) is 11.0 Å². The van der Waals surface area contributed by atoms with Crippen LogP contribution in [0.2, 0.25) is 0 Å². The van der Waals surface area contributed by atoms with Crippen LogP contribution >= 0.6 is 0 Å². The number of fused-ring (bicyclic) bond motifs is 1. The molecule has 0 bridgehead atoms. The summed E-state index contributed by atoms with van der Waals surface area (Å²) in [5.41, 5.74) is 0.413. The van der Waals surface area contributed by atoms with Gasteiger partial charge in [0.25, 0.3) is 11.6 Å². The number of alkyl halides is 3. The third-order valence-electron chi connectivity index (χ3n) is 4.52. The number of hydrogen-bond donors (Lipinski definition) is 1. The Hall–Kier alpha value is -2.19. The second-order valence-corrected chi connectivity index (χ2v) is 6.52. The van der Waals surface area contributed by atoms with Gasteiger partial charge in [-0.05, 0) is 19.3 Å². The molecule has 25 heavy (non-hydrogen) atoms. The van der Waals surface area contributed by atoms with Crippen molar-refractivity contribution in [2.75, 3.05) is 5.32 Å². The van der Waals surface area contributed by atoms with E-state index in [1.807, 2.05) is 0 Å². The normalized spacial score (nSPS) is 16.3. The van der Waals surface area contributed by atoms with E-state index in [0.717, 1.165) is 23.8 Å². The van der Waals surface area contributed by atoms with E-state index in [9.17, 15) is 18.0 Å². The Morgan fingerprint density at radius 1 is 1.28 bits per heavy atom. The first-order valence-corrected chi connectivity index (χ1v) is 8.44. The van der Waals surface area contributed by atoms with Gasteiger partial charge >= 0.3 is 6.18 Å². The predicted molar refractivity (Wildman–Crippen MR) is 85.0 cm³/mol. The Bertz CT molecular complexity index is 765. The molecule has 9 heteroatoms. The number of amides is 1. The van der Waals surface area contributed by atoms with E-state index in [4.69, 9.17) is 0 Å². The van der Waals surface area contributed by atoms with Gasteiger partial charge in [0.2, 0.25) is 5.91 Å². The Morgan fingerprint density at radius 3 is 2.68 bits per heavy atom. The third-order valence-corrected chi connectivity index (χ3v) is 4.52. The molecule has 0 unspecified atom stereocenters. The molecule has 0 spiro atoms. The first kappa shape index (κ1) is 17.6. The highest BCUT2D eigenvalue weighted by Gasteiger charge is 2.36. The molecular weight excluding hydrogens is 335 g/mol. The molecule has 2 aromatic heterocycles. The quantitative estimate of drug-likeness (QED) is 0.907. The molecule has 0 aromatic carbocycles. The van der Waals surface area contributed by atoms with Gasteiger partial charge in [0.05, 0.1) is 0 Å². The van der Waals surface area contributed by atoms with E-state index < -0.39 is 12.0 Å². The highest BCUT2D eigenvalue weighted by atomic mass is 19.4. The van der Waals surface area contributed by atoms with Crippen molar-refractivity contribution in [2.45, 2.75) is 58.0 Å². The largest absolute Gasteiger partial charge is 0.453 e. The molecule has 0 radical (unpaired) electrons. The number of aryl methyl sites for hydroxylation is 1. The van der Waals surface area contributed by atoms with E-state index >= 15 is 0 Å². The van der Waals surface area contributed by atoms with Crippen LogP contribution in [0.25, 0.3) is 5.78 Å². The Labute approximate surface area is 142 Å². The van der Waals surface area contributed by atoms with Crippen LogP contribution in [-0.4, -0.2) is 25.5 Å². The van der Waals surface area contributed by atoms with E-state index in [1.54, 1.807) is 6.92 Å². The van der Waals surface area contributed by atoms with Crippen LogP contribution < -0.4 is 5.32 Å². The zero-order valence-corrected chi connectivity index (χ0v) is 13.9. The number of anilines is 1. The highest BCUT2D eigenvalue weighted by Crippen LogP contribution is 2.28. The van der Waals surface area contributed by atoms with Gasteiger partial charge in [0.1, 0.15) is 5.82 Å². The lowest BCUT2D eigenvalue weighted by atomic mass is 9.86. The molecule has 1 aliphatic carbocycles. The maximum Gasteiger partial charge on any atom is 0.453 e. The van der Waals surface area contributed by atoms with Crippen molar-refractivity contribution in [2.24, 2.45) is 5.92 Å². The van der Waals surface area contributed by atoms with Crippen molar-refractivity contribution < 1.29 is 18.0 Å². The summed E-state index contributed by atoms with van der Waals surface area (Å²) in [5.74, 6) is -0.835. The second-order valence-electron chi connectivity index (χ2n) is 6.52. The summed E-state index contributed by atoms with van der Waals surface area (Å²) in [6.45, 7) is 1.58. The summed E-state index contributed by atoms with van der Waals surface area (Å²) >= 11 is 0. The van der Waals surface area contributed by atoms with Crippen molar-refractivity contribution in [3.63, 3.8) is 0 Å². The Kier molecular flexibility index (Phi) is 4.91. The number of halogens is 3. The van der Waals surface area contributed by atoms with Gasteiger partial charge in [-0.25, -0.2) is 4.52 Å². The number of carbonyl (C=O) groups excluding carboxylic acids is 1. The van der Waals surface area contributed by atoms with Crippen molar-refractivity contribution >= 4 is 17.5 Å². The van der Waals surface area contributed by atoms with Gasteiger partial charge in [0, 0.05) is 18.2 Å². The molecule has 3 rings (SSSR count). The van der Waals surface area contributed by atoms with E-state index in [-0.39, 0.29) is 17.5 Å². The molecule has 1 N–H and O–H groups in total. The smallest absolute Gasteiger partial charge is 0.311 e. The Balaban J connectivity index is 1.67. The zero-order chi connectivity index (χ0) is 18.0. The van der Waals surface area contributed by atoms with Gasteiger partial charge in [-0.15, -0.1) is 5.10 Å². The van der Waals surface area contributed by atoms with Crippen LogP contribution in [0.4, 0.5) is 19.0 Å². The van der Waals surface area contributed by atoms with Crippen molar-refractivity contribution in [3.05, 3.63) is 17.6 Å². The van der Waals surface area contributed by atoms with Crippen LogP contribution in [0.3, 0.4) is 0 Å². The van der Waals surface area contributed by atoms with Crippen LogP contribution in [0.15, 0.2) is 6.07 Å². The summed E-state index contributed by atoms with van der Waals surface area (Å²) in [6.07, 6.45) is 2.62. The van der Waals surface area contributed by atoms with Gasteiger partial charge < -0.3 is 5.32 Å².